The van der Waals surface area contributed by atoms with Gasteiger partial charge in [0.15, 0.2) is 0 Å². The first-order valence-electron chi connectivity index (χ1n) is 9.16. The van der Waals surface area contributed by atoms with E-state index in [-0.39, 0.29) is 11.6 Å². The fourth-order valence-corrected chi connectivity index (χ4v) is 3.41. The summed E-state index contributed by atoms with van der Waals surface area (Å²) in [5.74, 6) is 0.202. The molecule has 0 saturated carbocycles. The predicted molar refractivity (Wildman–Crippen MR) is 119 cm³/mol. The molecule has 0 saturated heterocycles. The summed E-state index contributed by atoms with van der Waals surface area (Å²) >= 11 is 1.46. The number of carbonyl (C=O) groups is 2. The second kappa shape index (κ2) is 9.76. The minimum absolute atomic E-state index is 0.119. The summed E-state index contributed by atoms with van der Waals surface area (Å²) in [5, 5.41) is 7.42. The molecule has 6 nitrogen and oxygen atoms in total. The topological polar surface area (TPSA) is 76.7 Å². The molecular weight excluding hydrogens is 400 g/mol. The second-order valence-corrected chi connectivity index (χ2v) is 7.40. The van der Waals surface area contributed by atoms with Crippen molar-refractivity contribution in [3.8, 4) is 11.5 Å². The van der Waals surface area contributed by atoms with Crippen molar-refractivity contribution < 1.29 is 19.1 Å². The number of hydrogen-bond acceptors (Lipinski definition) is 5. The molecule has 0 aliphatic rings. The Balaban J connectivity index is 1.89. The van der Waals surface area contributed by atoms with Crippen molar-refractivity contribution in [3.63, 3.8) is 0 Å². The van der Waals surface area contributed by atoms with Crippen LogP contribution in [-0.4, -0.2) is 26.0 Å². The van der Waals surface area contributed by atoms with E-state index < -0.39 is 5.91 Å². The van der Waals surface area contributed by atoms with Gasteiger partial charge in [-0.1, -0.05) is 23.8 Å². The van der Waals surface area contributed by atoms with Crippen LogP contribution < -0.4 is 20.1 Å². The number of nitrogens with one attached hydrogen (secondary N) is 2. The highest BCUT2D eigenvalue weighted by atomic mass is 32.1. The summed E-state index contributed by atoms with van der Waals surface area (Å²) in [6.45, 7) is 1.90. The lowest BCUT2D eigenvalue weighted by atomic mass is 10.1. The third kappa shape index (κ3) is 5.27. The van der Waals surface area contributed by atoms with Gasteiger partial charge in [0.1, 0.15) is 17.2 Å². The molecule has 0 unspecified atom stereocenters. The van der Waals surface area contributed by atoms with E-state index >= 15 is 0 Å². The first-order chi connectivity index (χ1) is 14.5. The van der Waals surface area contributed by atoms with Crippen LogP contribution in [0.2, 0.25) is 0 Å². The van der Waals surface area contributed by atoms with Crippen LogP contribution in [0.4, 0.5) is 5.69 Å². The number of rotatable bonds is 7. The lowest BCUT2D eigenvalue weighted by molar-refractivity contribution is -0.113. The highest BCUT2D eigenvalue weighted by molar-refractivity contribution is 7.10. The number of aryl methyl sites for hydroxylation is 1. The van der Waals surface area contributed by atoms with Crippen LogP contribution in [0.5, 0.6) is 11.5 Å². The maximum Gasteiger partial charge on any atom is 0.272 e. The van der Waals surface area contributed by atoms with E-state index in [1.54, 1.807) is 42.5 Å². The summed E-state index contributed by atoms with van der Waals surface area (Å²) in [4.78, 5) is 26.6. The fraction of sp³-hybridized carbons (Fsp3) is 0.130. The monoisotopic (exact) mass is 422 g/mol. The minimum atomic E-state index is -0.476. The van der Waals surface area contributed by atoms with Gasteiger partial charge in [-0.3, -0.25) is 9.59 Å². The van der Waals surface area contributed by atoms with Gasteiger partial charge < -0.3 is 20.1 Å². The molecule has 1 aromatic heterocycles. The Morgan fingerprint density at radius 2 is 1.83 bits per heavy atom. The summed E-state index contributed by atoms with van der Waals surface area (Å²) in [5.41, 5.74) is 1.98. The summed E-state index contributed by atoms with van der Waals surface area (Å²) < 4.78 is 10.5. The smallest absolute Gasteiger partial charge is 0.272 e. The Labute approximate surface area is 179 Å². The molecule has 0 spiro atoms. The van der Waals surface area contributed by atoms with Gasteiger partial charge in [0.2, 0.25) is 0 Å². The molecule has 2 aromatic carbocycles. The molecule has 0 atom stereocenters. The van der Waals surface area contributed by atoms with Gasteiger partial charge >= 0.3 is 0 Å². The third-order valence-corrected chi connectivity index (χ3v) is 5.08. The van der Waals surface area contributed by atoms with E-state index in [1.807, 2.05) is 30.5 Å². The van der Waals surface area contributed by atoms with Crippen LogP contribution in [0.1, 0.15) is 20.8 Å². The molecule has 3 rings (SSSR count). The quantitative estimate of drug-likeness (QED) is 0.550. The Bertz CT molecular complexity index is 1070. The Morgan fingerprint density at radius 1 is 1.00 bits per heavy atom. The molecule has 0 radical (unpaired) electrons. The van der Waals surface area contributed by atoms with Crippen molar-refractivity contribution >= 4 is 34.9 Å². The van der Waals surface area contributed by atoms with Crippen molar-refractivity contribution in [1.82, 2.24) is 5.32 Å². The number of anilines is 1. The maximum absolute atomic E-state index is 13.1. The normalized spacial score (nSPS) is 11.0. The Morgan fingerprint density at radius 3 is 2.50 bits per heavy atom. The van der Waals surface area contributed by atoms with E-state index in [9.17, 15) is 9.59 Å². The van der Waals surface area contributed by atoms with Gasteiger partial charge in [-0.15, -0.1) is 11.3 Å². The Kier molecular flexibility index (Phi) is 6.87. The van der Waals surface area contributed by atoms with Crippen molar-refractivity contribution in [3.05, 3.63) is 81.7 Å². The van der Waals surface area contributed by atoms with Gasteiger partial charge in [-0.2, -0.15) is 0 Å². The SMILES string of the molecule is COc1ccc(OC)c(NC(=O)/C(=C/c2cccs2)NC(=O)c2cccc(C)c2)c1. The molecule has 0 bridgehead atoms. The second-order valence-electron chi connectivity index (χ2n) is 6.42. The van der Waals surface area contributed by atoms with Gasteiger partial charge in [0.25, 0.3) is 11.8 Å². The van der Waals surface area contributed by atoms with Crippen molar-refractivity contribution in [2.24, 2.45) is 0 Å². The third-order valence-electron chi connectivity index (χ3n) is 4.26. The molecule has 2 amide bonds. The highest BCUT2D eigenvalue weighted by Crippen LogP contribution is 2.29. The molecule has 2 N–H and O–H groups in total. The molecule has 3 aromatic rings. The number of ether oxygens (including phenoxy) is 2. The van der Waals surface area contributed by atoms with Crippen LogP contribution in [0.15, 0.2) is 65.7 Å². The number of hydrogen-bond donors (Lipinski definition) is 2. The standard InChI is InChI=1S/C23H22N2O4S/c1-15-6-4-7-16(12-15)22(26)25-20(14-18-8-5-11-30-18)23(27)24-19-13-17(28-2)9-10-21(19)29-3/h4-14H,1-3H3,(H,24,27)(H,25,26)/b20-14-. The van der Waals surface area contributed by atoms with E-state index in [0.29, 0.717) is 22.7 Å². The van der Waals surface area contributed by atoms with Gasteiger partial charge in [0.05, 0.1) is 19.9 Å². The molecule has 1 heterocycles. The predicted octanol–water partition coefficient (Wildman–Crippen LogP) is 4.48. The molecule has 0 fully saturated rings. The molecule has 30 heavy (non-hydrogen) atoms. The van der Waals surface area contributed by atoms with E-state index in [4.69, 9.17) is 9.47 Å². The number of amides is 2. The fourth-order valence-electron chi connectivity index (χ4n) is 2.76. The molecular formula is C23H22N2O4S. The van der Waals surface area contributed by atoms with E-state index in [2.05, 4.69) is 10.6 Å². The first kappa shape index (κ1) is 21.1. The maximum atomic E-state index is 13.1. The number of benzene rings is 2. The molecule has 154 valence electrons. The lowest BCUT2D eigenvalue weighted by Crippen LogP contribution is -2.30. The zero-order chi connectivity index (χ0) is 21.5. The van der Waals surface area contributed by atoms with Crippen molar-refractivity contribution in [1.29, 1.82) is 0 Å². The van der Waals surface area contributed by atoms with Gasteiger partial charge in [-0.25, -0.2) is 0 Å². The first-order valence-corrected chi connectivity index (χ1v) is 10.0. The van der Waals surface area contributed by atoms with E-state index in [1.165, 1.54) is 25.6 Å². The van der Waals surface area contributed by atoms with Crippen LogP contribution in [-0.2, 0) is 4.79 Å². The summed E-state index contributed by atoms with van der Waals surface area (Å²) in [7, 11) is 3.05. The summed E-state index contributed by atoms with van der Waals surface area (Å²) in [6.07, 6.45) is 1.64. The number of carbonyl (C=O) groups excluding carboxylic acids is 2. The van der Waals surface area contributed by atoms with Crippen LogP contribution in [0.25, 0.3) is 6.08 Å². The molecule has 0 aliphatic heterocycles. The van der Waals surface area contributed by atoms with Crippen molar-refractivity contribution in [2.45, 2.75) is 6.92 Å². The van der Waals surface area contributed by atoms with Gasteiger partial charge in [0, 0.05) is 16.5 Å². The van der Waals surface area contributed by atoms with Crippen LogP contribution in [0, 0.1) is 6.92 Å². The summed E-state index contributed by atoms with van der Waals surface area (Å²) in [6, 6.07) is 16.0. The largest absolute Gasteiger partial charge is 0.497 e. The number of methoxy groups -OCH3 is 2. The average molecular weight is 423 g/mol. The molecule has 7 heteroatoms. The Hall–Kier alpha value is -3.58. The van der Waals surface area contributed by atoms with Crippen LogP contribution in [0.3, 0.4) is 0 Å². The zero-order valence-electron chi connectivity index (χ0n) is 16.9. The molecule has 0 aliphatic carbocycles. The van der Waals surface area contributed by atoms with Gasteiger partial charge in [-0.05, 0) is 48.7 Å². The lowest BCUT2D eigenvalue weighted by Gasteiger charge is -2.14. The number of thiophene rings is 1. The van der Waals surface area contributed by atoms with Crippen LogP contribution >= 0.6 is 11.3 Å². The minimum Gasteiger partial charge on any atom is -0.497 e. The average Bonchev–Trinajstić information content (AvgIpc) is 3.26. The van der Waals surface area contributed by atoms with Crippen molar-refractivity contribution in [2.75, 3.05) is 19.5 Å². The highest BCUT2D eigenvalue weighted by Gasteiger charge is 2.17. The zero-order valence-corrected chi connectivity index (χ0v) is 17.7. The van der Waals surface area contributed by atoms with E-state index in [0.717, 1.165) is 10.4 Å².